The molecule has 0 unspecified atom stereocenters. The van der Waals surface area contributed by atoms with Crippen molar-refractivity contribution < 1.29 is 5.11 Å². The van der Waals surface area contributed by atoms with Crippen LogP contribution in [0.25, 0.3) is 11.4 Å². The SMILES string of the molecule is Cl.Cl.Oc1c(-c2ncc[nH]2)ccnc1Cl. The monoisotopic (exact) mass is 267 g/mol. The second kappa shape index (κ2) is 5.80. The lowest BCUT2D eigenvalue weighted by molar-refractivity contribution is 0.474. The van der Waals surface area contributed by atoms with E-state index in [1.807, 2.05) is 0 Å². The topological polar surface area (TPSA) is 61.8 Å². The fourth-order valence-corrected chi connectivity index (χ4v) is 1.19. The van der Waals surface area contributed by atoms with Gasteiger partial charge in [-0.3, -0.25) is 0 Å². The van der Waals surface area contributed by atoms with Gasteiger partial charge >= 0.3 is 0 Å². The maximum Gasteiger partial charge on any atom is 0.171 e. The first-order valence-corrected chi connectivity index (χ1v) is 4.00. The molecule has 2 rings (SSSR count). The Morgan fingerprint density at radius 2 is 1.93 bits per heavy atom. The van der Waals surface area contributed by atoms with E-state index in [4.69, 9.17) is 11.6 Å². The van der Waals surface area contributed by atoms with Crippen molar-refractivity contribution in [1.29, 1.82) is 0 Å². The Morgan fingerprint density at radius 1 is 1.20 bits per heavy atom. The highest BCUT2D eigenvalue weighted by atomic mass is 35.5. The number of aromatic amines is 1. The summed E-state index contributed by atoms with van der Waals surface area (Å²) in [5, 5.41) is 9.59. The van der Waals surface area contributed by atoms with Gasteiger partial charge in [-0.15, -0.1) is 24.8 Å². The van der Waals surface area contributed by atoms with E-state index >= 15 is 0 Å². The Hall–Kier alpha value is -0.970. The van der Waals surface area contributed by atoms with Gasteiger partial charge in [-0.2, -0.15) is 0 Å². The molecule has 0 saturated heterocycles. The number of aromatic hydroxyl groups is 1. The van der Waals surface area contributed by atoms with Gasteiger partial charge in [0.1, 0.15) is 5.82 Å². The van der Waals surface area contributed by atoms with E-state index < -0.39 is 0 Å². The smallest absolute Gasteiger partial charge is 0.171 e. The van der Waals surface area contributed by atoms with Crippen molar-refractivity contribution in [2.75, 3.05) is 0 Å². The van der Waals surface area contributed by atoms with Gasteiger partial charge in [-0.25, -0.2) is 9.97 Å². The van der Waals surface area contributed by atoms with E-state index in [2.05, 4.69) is 15.0 Å². The number of nitrogens with one attached hydrogen (secondary N) is 1. The van der Waals surface area contributed by atoms with Crippen LogP contribution in [0.15, 0.2) is 24.7 Å². The van der Waals surface area contributed by atoms with Crippen molar-refractivity contribution in [1.82, 2.24) is 15.0 Å². The molecule has 4 nitrogen and oxygen atoms in total. The van der Waals surface area contributed by atoms with Gasteiger partial charge in [0.05, 0.1) is 5.56 Å². The van der Waals surface area contributed by atoms with Gasteiger partial charge in [0.2, 0.25) is 0 Å². The van der Waals surface area contributed by atoms with Crippen LogP contribution in [0.2, 0.25) is 5.15 Å². The minimum absolute atomic E-state index is 0. The van der Waals surface area contributed by atoms with Crippen molar-refractivity contribution in [2.45, 2.75) is 0 Å². The first kappa shape index (κ1) is 14.0. The third kappa shape index (κ3) is 2.75. The Balaban J connectivity index is 0.000000980. The molecule has 2 aromatic rings. The summed E-state index contributed by atoms with van der Waals surface area (Å²) in [6.45, 7) is 0. The van der Waals surface area contributed by atoms with E-state index in [1.54, 1.807) is 18.5 Å². The summed E-state index contributed by atoms with van der Waals surface area (Å²) in [7, 11) is 0. The predicted molar refractivity (Wildman–Crippen MR) is 63.0 cm³/mol. The second-order valence-electron chi connectivity index (χ2n) is 2.44. The number of halogens is 3. The number of pyridine rings is 1. The van der Waals surface area contributed by atoms with E-state index in [0.29, 0.717) is 11.4 Å². The summed E-state index contributed by atoms with van der Waals surface area (Å²) in [6.07, 6.45) is 4.78. The summed E-state index contributed by atoms with van der Waals surface area (Å²) in [6, 6.07) is 1.64. The van der Waals surface area contributed by atoms with E-state index in [9.17, 15) is 5.11 Å². The summed E-state index contributed by atoms with van der Waals surface area (Å²) in [5.41, 5.74) is 0.546. The number of hydrogen-bond acceptors (Lipinski definition) is 3. The minimum Gasteiger partial charge on any atom is -0.504 e. The van der Waals surface area contributed by atoms with Crippen LogP contribution >= 0.6 is 36.4 Å². The Bertz CT molecular complexity index is 419. The number of nitrogens with zero attached hydrogens (tertiary/aromatic N) is 2. The molecule has 0 saturated carbocycles. The van der Waals surface area contributed by atoms with Gasteiger partial charge < -0.3 is 10.1 Å². The molecule has 0 aliphatic carbocycles. The zero-order valence-corrected chi connectivity index (χ0v) is 9.73. The molecule has 0 fully saturated rings. The van der Waals surface area contributed by atoms with E-state index in [0.717, 1.165) is 0 Å². The summed E-state index contributed by atoms with van der Waals surface area (Å²) in [5.74, 6) is 0.515. The molecule has 0 amide bonds. The van der Waals surface area contributed by atoms with Crippen LogP contribution in [-0.2, 0) is 0 Å². The molecular weight excluding hydrogens is 260 g/mol. The molecule has 15 heavy (non-hydrogen) atoms. The first-order valence-electron chi connectivity index (χ1n) is 3.62. The normalized spacial score (nSPS) is 8.87. The molecule has 0 radical (unpaired) electrons. The number of rotatable bonds is 1. The quantitative estimate of drug-likeness (QED) is 0.782. The zero-order valence-electron chi connectivity index (χ0n) is 7.35. The Morgan fingerprint density at radius 3 is 2.53 bits per heavy atom. The molecule has 2 aromatic heterocycles. The van der Waals surface area contributed by atoms with Crippen LogP contribution in [0.1, 0.15) is 0 Å². The standard InChI is InChI=1S/C8H6ClN3O.2ClH/c9-7-6(13)5(1-2-10-7)8-11-3-4-12-8;;/h1-4,13H,(H,11,12);2*1H. The van der Waals surface area contributed by atoms with Crippen molar-refractivity contribution >= 4 is 36.4 Å². The maximum atomic E-state index is 9.51. The molecule has 0 bridgehead atoms. The lowest BCUT2D eigenvalue weighted by Crippen LogP contribution is -1.84. The van der Waals surface area contributed by atoms with Gasteiger partial charge in [0.25, 0.3) is 0 Å². The summed E-state index contributed by atoms with van der Waals surface area (Å²) < 4.78 is 0. The van der Waals surface area contributed by atoms with Crippen LogP contribution < -0.4 is 0 Å². The van der Waals surface area contributed by atoms with Crippen LogP contribution in [0.4, 0.5) is 0 Å². The van der Waals surface area contributed by atoms with Crippen LogP contribution in [-0.4, -0.2) is 20.1 Å². The summed E-state index contributed by atoms with van der Waals surface area (Å²) >= 11 is 5.63. The van der Waals surface area contributed by atoms with Crippen molar-refractivity contribution in [3.63, 3.8) is 0 Å². The minimum atomic E-state index is -0.0564. The highest BCUT2D eigenvalue weighted by Gasteiger charge is 2.09. The summed E-state index contributed by atoms with van der Waals surface area (Å²) in [4.78, 5) is 10.6. The molecule has 7 heteroatoms. The van der Waals surface area contributed by atoms with Crippen molar-refractivity contribution in [2.24, 2.45) is 0 Å². The Labute approximate surface area is 104 Å². The predicted octanol–water partition coefficient (Wildman–Crippen LogP) is 2.67. The molecule has 0 aromatic carbocycles. The fraction of sp³-hybridized carbons (Fsp3) is 0. The lowest BCUT2D eigenvalue weighted by Gasteiger charge is -2.00. The zero-order chi connectivity index (χ0) is 9.26. The molecule has 2 heterocycles. The molecule has 0 aliphatic rings. The van der Waals surface area contributed by atoms with Crippen LogP contribution in [0.5, 0.6) is 5.75 Å². The van der Waals surface area contributed by atoms with Crippen LogP contribution in [0, 0.1) is 0 Å². The number of aromatic nitrogens is 3. The van der Waals surface area contributed by atoms with E-state index in [-0.39, 0.29) is 35.7 Å². The largest absolute Gasteiger partial charge is 0.504 e. The number of H-pyrrole nitrogens is 1. The fourth-order valence-electron chi connectivity index (χ4n) is 1.03. The number of hydrogen-bond donors (Lipinski definition) is 2. The van der Waals surface area contributed by atoms with E-state index in [1.165, 1.54) is 6.20 Å². The molecule has 0 spiro atoms. The molecular formula is C8H8Cl3N3O. The highest BCUT2D eigenvalue weighted by molar-refractivity contribution is 6.31. The van der Waals surface area contributed by atoms with Crippen LogP contribution in [0.3, 0.4) is 0 Å². The molecule has 2 N–H and O–H groups in total. The van der Waals surface area contributed by atoms with Gasteiger partial charge in [0.15, 0.2) is 10.9 Å². The molecule has 0 atom stereocenters. The third-order valence-corrected chi connectivity index (χ3v) is 1.91. The molecule has 82 valence electrons. The lowest BCUT2D eigenvalue weighted by atomic mass is 10.2. The van der Waals surface area contributed by atoms with Crippen molar-refractivity contribution in [3.05, 3.63) is 29.8 Å². The molecule has 0 aliphatic heterocycles. The van der Waals surface area contributed by atoms with Gasteiger partial charge in [0, 0.05) is 18.6 Å². The number of imidazole rings is 1. The first-order chi connectivity index (χ1) is 6.29. The highest BCUT2D eigenvalue weighted by Crippen LogP contribution is 2.30. The third-order valence-electron chi connectivity index (χ3n) is 1.63. The van der Waals surface area contributed by atoms with Gasteiger partial charge in [-0.1, -0.05) is 11.6 Å². The second-order valence-corrected chi connectivity index (χ2v) is 2.79. The average Bonchev–Trinajstić information content (AvgIpc) is 2.62. The Kier molecular flexibility index (Phi) is 5.43. The average molecular weight is 269 g/mol. The van der Waals surface area contributed by atoms with Gasteiger partial charge in [-0.05, 0) is 6.07 Å². The maximum absolute atomic E-state index is 9.51. The van der Waals surface area contributed by atoms with Crippen molar-refractivity contribution in [3.8, 4) is 17.1 Å².